The predicted octanol–water partition coefficient (Wildman–Crippen LogP) is 0.798. The van der Waals surface area contributed by atoms with E-state index < -0.39 is 0 Å². The van der Waals surface area contributed by atoms with E-state index in [1.54, 1.807) is 7.11 Å². The first-order valence-electron chi connectivity index (χ1n) is 6.25. The SMILES string of the molecule is COc1ccc(C)cc1CCN(C)CC(N)CO. The van der Waals surface area contributed by atoms with E-state index in [0.29, 0.717) is 6.54 Å². The summed E-state index contributed by atoms with van der Waals surface area (Å²) in [6, 6.07) is 6.03. The Morgan fingerprint density at radius 1 is 1.44 bits per heavy atom. The van der Waals surface area contributed by atoms with Crippen molar-refractivity contribution in [1.29, 1.82) is 0 Å². The molecule has 1 aromatic rings. The van der Waals surface area contributed by atoms with E-state index in [-0.39, 0.29) is 12.6 Å². The van der Waals surface area contributed by atoms with Gasteiger partial charge < -0.3 is 20.5 Å². The van der Waals surface area contributed by atoms with Gasteiger partial charge in [0, 0.05) is 19.1 Å². The average molecular weight is 252 g/mol. The number of aliphatic hydroxyl groups excluding tert-OH is 1. The zero-order chi connectivity index (χ0) is 13.5. The van der Waals surface area contributed by atoms with Crippen LogP contribution in [0, 0.1) is 6.92 Å². The standard InChI is InChI=1S/C14H24N2O2/c1-11-4-5-14(18-3)12(8-11)6-7-16(2)9-13(15)10-17/h4-5,8,13,17H,6-7,9-10,15H2,1-3H3. The Hall–Kier alpha value is -1.10. The van der Waals surface area contributed by atoms with Gasteiger partial charge >= 0.3 is 0 Å². The van der Waals surface area contributed by atoms with E-state index in [2.05, 4.69) is 17.9 Å². The number of benzene rings is 1. The summed E-state index contributed by atoms with van der Waals surface area (Å²) >= 11 is 0. The second kappa shape index (κ2) is 7.36. The van der Waals surface area contributed by atoms with Gasteiger partial charge in [-0.3, -0.25) is 0 Å². The number of hydrogen-bond acceptors (Lipinski definition) is 4. The minimum atomic E-state index is -0.172. The fourth-order valence-corrected chi connectivity index (χ4v) is 1.96. The lowest BCUT2D eigenvalue weighted by Gasteiger charge is -2.20. The van der Waals surface area contributed by atoms with Crippen molar-refractivity contribution in [3.05, 3.63) is 29.3 Å². The number of likely N-dealkylation sites (N-methyl/N-ethyl adjacent to an activating group) is 1. The Kier molecular flexibility index (Phi) is 6.12. The minimum absolute atomic E-state index is 0.0259. The molecule has 0 aliphatic heterocycles. The Labute approximate surface area is 109 Å². The lowest BCUT2D eigenvalue weighted by atomic mass is 10.1. The third-order valence-corrected chi connectivity index (χ3v) is 2.98. The number of aryl methyl sites for hydroxylation is 1. The highest BCUT2D eigenvalue weighted by Gasteiger charge is 2.08. The molecule has 3 N–H and O–H groups in total. The van der Waals surface area contributed by atoms with Crippen LogP contribution in [0.4, 0.5) is 0 Å². The predicted molar refractivity (Wildman–Crippen MR) is 74.0 cm³/mol. The summed E-state index contributed by atoms with van der Waals surface area (Å²) in [5.74, 6) is 0.931. The molecule has 1 aromatic carbocycles. The maximum atomic E-state index is 8.92. The van der Waals surface area contributed by atoms with Crippen molar-refractivity contribution in [2.45, 2.75) is 19.4 Å². The van der Waals surface area contributed by atoms with Gasteiger partial charge in [-0.1, -0.05) is 17.7 Å². The minimum Gasteiger partial charge on any atom is -0.496 e. The number of rotatable bonds is 7. The van der Waals surface area contributed by atoms with Crippen molar-refractivity contribution in [1.82, 2.24) is 4.90 Å². The number of nitrogens with two attached hydrogens (primary N) is 1. The molecule has 0 amide bonds. The molecule has 0 fully saturated rings. The molecule has 0 aliphatic carbocycles. The molecule has 0 bridgehead atoms. The van der Waals surface area contributed by atoms with E-state index in [1.165, 1.54) is 11.1 Å². The molecule has 1 rings (SSSR count). The van der Waals surface area contributed by atoms with Crippen LogP contribution in [0.25, 0.3) is 0 Å². The molecule has 0 aliphatic rings. The van der Waals surface area contributed by atoms with Crippen LogP contribution in [0.1, 0.15) is 11.1 Å². The molecular formula is C14H24N2O2. The first kappa shape index (κ1) is 15.0. The van der Waals surface area contributed by atoms with E-state index in [0.717, 1.165) is 18.7 Å². The van der Waals surface area contributed by atoms with Crippen LogP contribution in [0.5, 0.6) is 5.75 Å². The molecule has 0 aromatic heterocycles. The van der Waals surface area contributed by atoms with E-state index in [4.69, 9.17) is 15.6 Å². The maximum Gasteiger partial charge on any atom is 0.122 e. The normalized spacial score (nSPS) is 12.8. The topological polar surface area (TPSA) is 58.7 Å². The molecule has 0 spiro atoms. The maximum absolute atomic E-state index is 8.92. The summed E-state index contributed by atoms with van der Waals surface area (Å²) in [6.45, 7) is 3.70. The second-order valence-electron chi connectivity index (χ2n) is 4.77. The Balaban J connectivity index is 2.54. The number of aliphatic hydroxyl groups is 1. The van der Waals surface area contributed by atoms with Gasteiger partial charge in [-0.05, 0) is 32.0 Å². The molecule has 1 atom stereocenters. The van der Waals surface area contributed by atoms with Gasteiger partial charge in [0.15, 0.2) is 0 Å². The third-order valence-electron chi connectivity index (χ3n) is 2.98. The number of ether oxygens (including phenoxy) is 1. The summed E-state index contributed by atoms with van der Waals surface area (Å²) in [5, 5.41) is 8.92. The highest BCUT2D eigenvalue weighted by Crippen LogP contribution is 2.20. The van der Waals surface area contributed by atoms with Crippen molar-refractivity contribution in [2.24, 2.45) is 5.73 Å². The van der Waals surface area contributed by atoms with Crippen LogP contribution >= 0.6 is 0 Å². The Morgan fingerprint density at radius 3 is 2.78 bits per heavy atom. The van der Waals surface area contributed by atoms with Crippen LogP contribution in [0.15, 0.2) is 18.2 Å². The second-order valence-corrected chi connectivity index (χ2v) is 4.77. The number of methoxy groups -OCH3 is 1. The summed E-state index contributed by atoms with van der Waals surface area (Å²) in [4.78, 5) is 2.13. The molecule has 1 unspecified atom stereocenters. The third kappa shape index (κ3) is 4.64. The molecule has 0 saturated heterocycles. The lowest BCUT2D eigenvalue weighted by molar-refractivity contribution is 0.222. The Bertz CT molecular complexity index is 369. The summed E-state index contributed by atoms with van der Waals surface area (Å²) in [6.07, 6.45) is 0.916. The monoisotopic (exact) mass is 252 g/mol. The molecule has 0 saturated carbocycles. The van der Waals surface area contributed by atoms with Crippen LogP contribution in [-0.2, 0) is 6.42 Å². The van der Waals surface area contributed by atoms with Crippen molar-refractivity contribution in [3.8, 4) is 5.75 Å². The summed E-state index contributed by atoms with van der Waals surface area (Å²) in [7, 11) is 3.71. The zero-order valence-electron chi connectivity index (χ0n) is 11.5. The number of nitrogens with zero attached hydrogens (tertiary/aromatic N) is 1. The first-order chi connectivity index (χ1) is 8.56. The van der Waals surface area contributed by atoms with Gasteiger partial charge in [0.2, 0.25) is 0 Å². The summed E-state index contributed by atoms with van der Waals surface area (Å²) < 4.78 is 5.35. The fraction of sp³-hybridized carbons (Fsp3) is 0.571. The van der Waals surface area contributed by atoms with Gasteiger partial charge in [0.05, 0.1) is 13.7 Å². The molecular weight excluding hydrogens is 228 g/mol. The molecule has 18 heavy (non-hydrogen) atoms. The quantitative estimate of drug-likeness (QED) is 0.753. The van der Waals surface area contributed by atoms with Gasteiger partial charge in [-0.2, -0.15) is 0 Å². The fourth-order valence-electron chi connectivity index (χ4n) is 1.96. The van der Waals surface area contributed by atoms with E-state index in [1.807, 2.05) is 19.2 Å². The Morgan fingerprint density at radius 2 is 2.17 bits per heavy atom. The molecule has 4 heteroatoms. The smallest absolute Gasteiger partial charge is 0.122 e. The van der Waals surface area contributed by atoms with Crippen LogP contribution in [-0.4, -0.2) is 49.9 Å². The largest absolute Gasteiger partial charge is 0.496 e. The number of hydrogen-bond donors (Lipinski definition) is 2. The van der Waals surface area contributed by atoms with Gasteiger partial charge in [-0.25, -0.2) is 0 Å². The van der Waals surface area contributed by atoms with E-state index in [9.17, 15) is 0 Å². The van der Waals surface area contributed by atoms with Crippen molar-refractivity contribution < 1.29 is 9.84 Å². The first-order valence-corrected chi connectivity index (χ1v) is 6.25. The average Bonchev–Trinajstić information content (AvgIpc) is 2.36. The molecule has 0 heterocycles. The van der Waals surface area contributed by atoms with Gasteiger partial charge in [-0.15, -0.1) is 0 Å². The summed E-state index contributed by atoms with van der Waals surface area (Å²) in [5.41, 5.74) is 8.15. The van der Waals surface area contributed by atoms with Crippen molar-refractivity contribution >= 4 is 0 Å². The van der Waals surface area contributed by atoms with Crippen molar-refractivity contribution in [2.75, 3.05) is 33.9 Å². The van der Waals surface area contributed by atoms with E-state index >= 15 is 0 Å². The highest BCUT2D eigenvalue weighted by atomic mass is 16.5. The zero-order valence-corrected chi connectivity index (χ0v) is 11.5. The lowest BCUT2D eigenvalue weighted by Crippen LogP contribution is -2.38. The van der Waals surface area contributed by atoms with Gasteiger partial charge in [0.1, 0.15) is 5.75 Å². The molecule has 4 nitrogen and oxygen atoms in total. The van der Waals surface area contributed by atoms with Gasteiger partial charge in [0.25, 0.3) is 0 Å². The highest BCUT2D eigenvalue weighted by molar-refractivity contribution is 5.37. The van der Waals surface area contributed by atoms with Crippen LogP contribution in [0.2, 0.25) is 0 Å². The molecule has 102 valence electrons. The van der Waals surface area contributed by atoms with Crippen LogP contribution in [0.3, 0.4) is 0 Å². The van der Waals surface area contributed by atoms with Crippen LogP contribution < -0.4 is 10.5 Å². The van der Waals surface area contributed by atoms with Crippen molar-refractivity contribution in [3.63, 3.8) is 0 Å². The molecule has 0 radical (unpaired) electrons.